The average Bonchev–Trinajstić information content (AvgIpc) is 2.70. The number of anilines is 1. The number of aliphatic carboxylic acids is 1. The smallest absolute Gasteiger partial charge is 0.323 e. The molecule has 1 fully saturated rings. The van der Waals surface area contributed by atoms with Gasteiger partial charge in [-0.2, -0.15) is 0 Å². The summed E-state index contributed by atoms with van der Waals surface area (Å²) in [6.45, 7) is 5.38. The van der Waals surface area contributed by atoms with E-state index in [1.54, 1.807) is 0 Å². The zero-order chi connectivity index (χ0) is 15.2. The van der Waals surface area contributed by atoms with Gasteiger partial charge in [0.1, 0.15) is 6.54 Å². The van der Waals surface area contributed by atoms with Gasteiger partial charge in [0.2, 0.25) is 0 Å². The first-order chi connectivity index (χ1) is 10.1. The largest absolute Gasteiger partial charge is 0.480 e. The van der Waals surface area contributed by atoms with Crippen molar-refractivity contribution in [2.24, 2.45) is 0 Å². The summed E-state index contributed by atoms with van der Waals surface area (Å²) >= 11 is 6.06. The molecule has 1 heterocycles. The molecule has 5 heteroatoms. The van der Waals surface area contributed by atoms with E-state index in [0.717, 1.165) is 44.6 Å². The third kappa shape index (κ3) is 4.61. The van der Waals surface area contributed by atoms with Crippen LogP contribution in [0.5, 0.6) is 0 Å². The Balaban J connectivity index is 2.17. The Labute approximate surface area is 131 Å². The second-order valence-electron chi connectivity index (χ2n) is 5.52. The summed E-state index contributed by atoms with van der Waals surface area (Å²) in [7, 11) is 0. The van der Waals surface area contributed by atoms with E-state index in [4.69, 9.17) is 11.6 Å². The molecule has 0 radical (unpaired) electrons. The third-order valence-corrected chi connectivity index (χ3v) is 4.36. The van der Waals surface area contributed by atoms with Gasteiger partial charge in [0.25, 0.3) is 0 Å². The number of carboxylic acid groups (broad SMARTS) is 1. The SMILES string of the molecule is CCN1CCCC(N(CC(=O)O)c2cccc(Cl)c2)CC1. The van der Waals surface area contributed by atoms with Crippen molar-refractivity contribution in [3.05, 3.63) is 29.3 Å². The molecule has 116 valence electrons. The number of likely N-dealkylation sites (tertiary alicyclic amines) is 1. The number of carbonyl (C=O) groups is 1. The van der Waals surface area contributed by atoms with Crippen molar-refractivity contribution in [1.29, 1.82) is 0 Å². The van der Waals surface area contributed by atoms with Crippen LogP contribution < -0.4 is 4.90 Å². The highest BCUT2D eigenvalue weighted by Gasteiger charge is 2.24. The Morgan fingerprint density at radius 1 is 1.43 bits per heavy atom. The maximum Gasteiger partial charge on any atom is 0.323 e. The number of benzene rings is 1. The molecule has 21 heavy (non-hydrogen) atoms. The highest BCUT2D eigenvalue weighted by molar-refractivity contribution is 6.30. The molecule has 1 saturated heterocycles. The first-order valence-electron chi connectivity index (χ1n) is 7.56. The summed E-state index contributed by atoms with van der Waals surface area (Å²) in [5.41, 5.74) is 0.903. The predicted molar refractivity (Wildman–Crippen MR) is 86.2 cm³/mol. The van der Waals surface area contributed by atoms with Gasteiger partial charge in [-0.05, 0) is 50.6 Å². The van der Waals surface area contributed by atoms with Crippen LogP contribution in [0.3, 0.4) is 0 Å². The van der Waals surface area contributed by atoms with Gasteiger partial charge in [0, 0.05) is 23.3 Å². The van der Waals surface area contributed by atoms with Crippen LogP contribution in [0.1, 0.15) is 26.2 Å². The fourth-order valence-corrected chi connectivity index (χ4v) is 3.18. The van der Waals surface area contributed by atoms with Gasteiger partial charge in [-0.3, -0.25) is 4.79 Å². The second-order valence-corrected chi connectivity index (χ2v) is 5.96. The summed E-state index contributed by atoms with van der Waals surface area (Å²) in [5, 5.41) is 9.87. The van der Waals surface area contributed by atoms with Crippen LogP contribution in [-0.2, 0) is 4.79 Å². The quantitative estimate of drug-likeness (QED) is 0.907. The first-order valence-corrected chi connectivity index (χ1v) is 7.94. The molecule has 1 aromatic rings. The van der Waals surface area contributed by atoms with Crippen LogP contribution in [0.4, 0.5) is 5.69 Å². The summed E-state index contributed by atoms with van der Waals surface area (Å²) in [6, 6.07) is 7.75. The number of hydrogen-bond donors (Lipinski definition) is 1. The van der Waals surface area contributed by atoms with E-state index >= 15 is 0 Å². The molecule has 2 rings (SSSR count). The number of halogens is 1. The second kappa shape index (κ2) is 7.66. The van der Waals surface area contributed by atoms with Crippen molar-refractivity contribution in [2.75, 3.05) is 31.1 Å². The lowest BCUT2D eigenvalue weighted by molar-refractivity contribution is -0.135. The van der Waals surface area contributed by atoms with E-state index < -0.39 is 5.97 Å². The minimum Gasteiger partial charge on any atom is -0.480 e. The molecule has 1 unspecified atom stereocenters. The van der Waals surface area contributed by atoms with Crippen LogP contribution in [0.2, 0.25) is 5.02 Å². The van der Waals surface area contributed by atoms with Gasteiger partial charge in [-0.15, -0.1) is 0 Å². The molecule has 0 amide bonds. The Morgan fingerprint density at radius 2 is 2.24 bits per heavy atom. The minimum absolute atomic E-state index is 0.0249. The summed E-state index contributed by atoms with van der Waals surface area (Å²) in [4.78, 5) is 15.7. The molecule has 1 aliphatic rings. The number of carboxylic acids is 1. The zero-order valence-corrected chi connectivity index (χ0v) is 13.2. The average molecular weight is 311 g/mol. The fraction of sp³-hybridized carbons (Fsp3) is 0.562. The summed E-state index contributed by atoms with van der Waals surface area (Å²) in [6.07, 6.45) is 3.12. The lowest BCUT2D eigenvalue weighted by atomic mass is 10.1. The van der Waals surface area contributed by atoms with Crippen molar-refractivity contribution < 1.29 is 9.90 Å². The van der Waals surface area contributed by atoms with Gasteiger partial charge in [-0.1, -0.05) is 24.6 Å². The van der Waals surface area contributed by atoms with Crippen molar-refractivity contribution in [2.45, 2.75) is 32.2 Å². The lowest BCUT2D eigenvalue weighted by Gasteiger charge is -2.32. The zero-order valence-electron chi connectivity index (χ0n) is 12.5. The molecular weight excluding hydrogens is 288 g/mol. The van der Waals surface area contributed by atoms with Crippen molar-refractivity contribution in [3.63, 3.8) is 0 Å². The van der Waals surface area contributed by atoms with Crippen LogP contribution >= 0.6 is 11.6 Å². The van der Waals surface area contributed by atoms with Gasteiger partial charge < -0.3 is 14.9 Å². The summed E-state index contributed by atoms with van der Waals surface area (Å²) < 4.78 is 0. The Hall–Kier alpha value is -1.26. The fourth-order valence-electron chi connectivity index (χ4n) is 3.00. The Kier molecular flexibility index (Phi) is 5.88. The molecule has 0 spiro atoms. The van der Waals surface area contributed by atoms with Crippen molar-refractivity contribution >= 4 is 23.3 Å². The third-order valence-electron chi connectivity index (χ3n) is 4.12. The van der Waals surface area contributed by atoms with Crippen molar-refractivity contribution in [3.8, 4) is 0 Å². The van der Waals surface area contributed by atoms with Crippen molar-refractivity contribution in [1.82, 2.24) is 4.90 Å². The van der Waals surface area contributed by atoms with Crippen LogP contribution in [0.25, 0.3) is 0 Å². The van der Waals surface area contributed by atoms with Gasteiger partial charge in [0.15, 0.2) is 0 Å². The van der Waals surface area contributed by atoms with E-state index in [-0.39, 0.29) is 12.6 Å². The molecule has 1 N–H and O–H groups in total. The summed E-state index contributed by atoms with van der Waals surface area (Å²) in [5.74, 6) is -0.799. The van der Waals surface area contributed by atoms with E-state index in [1.165, 1.54) is 0 Å². The molecule has 1 aliphatic heterocycles. The molecule has 1 aromatic carbocycles. The standard InChI is InChI=1S/C16H23ClN2O2/c1-2-18-9-4-7-14(8-10-18)19(12-16(20)21)15-6-3-5-13(17)11-15/h3,5-6,11,14H,2,4,7-10,12H2,1H3,(H,20,21). The highest BCUT2D eigenvalue weighted by atomic mass is 35.5. The Bertz CT molecular complexity index is 481. The Morgan fingerprint density at radius 3 is 2.90 bits per heavy atom. The molecule has 1 atom stereocenters. The number of nitrogens with zero attached hydrogens (tertiary/aromatic N) is 2. The van der Waals surface area contributed by atoms with E-state index in [2.05, 4.69) is 11.8 Å². The monoisotopic (exact) mass is 310 g/mol. The lowest BCUT2D eigenvalue weighted by Crippen LogP contribution is -2.40. The molecular formula is C16H23ClN2O2. The number of hydrogen-bond acceptors (Lipinski definition) is 3. The predicted octanol–water partition coefficient (Wildman–Crippen LogP) is 3.11. The van der Waals surface area contributed by atoms with E-state index in [9.17, 15) is 9.90 Å². The van der Waals surface area contributed by atoms with Crippen LogP contribution in [0, 0.1) is 0 Å². The molecule has 0 bridgehead atoms. The highest BCUT2D eigenvalue weighted by Crippen LogP contribution is 2.26. The molecule has 0 aromatic heterocycles. The topological polar surface area (TPSA) is 43.8 Å². The normalized spacial score (nSPS) is 20.0. The van der Waals surface area contributed by atoms with E-state index in [1.807, 2.05) is 29.2 Å². The molecule has 4 nitrogen and oxygen atoms in total. The van der Waals surface area contributed by atoms with E-state index in [0.29, 0.717) is 5.02 Å². The molecule has 0 aliphatic carbocycles. The maximum absolute atomic E-state index is 11.2. The minimum atomic E-state index is -0.799. The number of rotatable bonds is 5. The maximum atomic E-state index is 11.2. The molecule has 0 saturated carbocycles. The van der Waals surface area contributed by atoms with Gasteiger partial charge >= 0.3 is 5.97 Å². The van der Waals surface area contributed by atoms with Gasteiger partial charge in [0.05, 0.1) is 0 Å². The van der Waals surface area contributed by atoms with Crippen LogP contribution in [0.15, 0.2) is 24.3 Å². The first kappa shape index (κ1) is 16.1. The van der Waals surface area contributed by atoms with Crippen LogP contribution in [-0.4, -0.2) is 48.2 Å². The van der Waals surface area contributed by atoms with Gasteiger partial charge in [-0.25, -0.2) is 0 Å².